The number of nitrogens with zero attached hydrogens (tertiary/aromatic N) is 2. The Kier molecular flexibility index (Phi) is 7.73. The zero-order chi connectivity index (χ0) is 29.2. The van der Waals surface area contributed by atoms with Crippen LogP contribution in [0.25, 0.3) is 43.8 Å². The summed E-state index contributed by atoms with van der Waals surface area (Å²) in [6.45, 7) is 8.50. The maximum Gasteiger partial charge on any atom is 0.0742 e. The molecular formula is C39H33ClN2. The predicted octanol–water partition coefficient (Wildman–Crippen LogP) is 11.3. The molecule has 0 atom stereocenters. The fourth-order valence-electron chi connectivity index (χ4n) is 5.95. The maximum absolute atomic E-state index is 6.54. The van der Waals surface area contributed by atoms with Crippen LogP contribution in [-0.4, -0.2) is 17.8 Å². The fourth-order valence-corrected chi connectivity index (χ4v) is 6.08. The average Bonchev–Trinajstić information content (AvgIpc) is 3.00. The summed E-state index contributed by atoms with van der Waals surface area (Å²) in [6, 6.07) is 38.7. The number of alkyl halides is 1. The standard InChI is InChI=1S/C39H33ClN2/c1-25-19-27(3)38(36(21-25)34-17-9-13-29-11-5-7-15-32(29)34)41-24-31(23-40)42-39-28(4)20-26(2)22-37(39)35-18-10-14-30-12-6-8-16-33(30)35/h5-22,24H,23H2,1-4H3. The van der Waals surface area contributed by atoms with Crippen LogP contribution in [0, 0.1) is 27.7 Å². The van der Waals surface area contributed by atoms with Gasteiger partial charge in [0.2, 0.25) is 0 Å². The van der Waals surface area contributed by atoms with Gasteiger partial charge in [-0.2, -0.15) is 0 Å². The molecule has 42 heavy (non-hydrogen) atoms. The van der Waals surface area contributed by atoms with Gasteiger partial charge in [-0.1, -0.05) is 108 Å². The van der Waals surface area contributed by atoms with Crippen LogP contribution in [-0.2, 0) is 0 Å². The van der Waals surface area contributed by atoms with E-state index in [2.05, 4.69) is 137 Å². The number of rotatable bonds is 6. The van der Waals surface area contributed by atoms with Crippen LogP contribution in [0.1, 0.15) is 22.3 Å². The van der Waals surface area contributed by atoms with Gasteiger partial charge in [0.15, 0.2) is 0 Å². The molecular weight excluding hydrogens is 532 g/mol. The SMILES string of the molecule is Cc1cc(C)c(N=CC(CCl)=Nc2c(C)cc(C)cc2-c2cccc3ccccc23)c(-c2cccc3ccccc23)c1. The van der Waals surface area contributed by atoms with E-state index in [9.17, 15) is 0 Å². The van der Waals surface area contributed by atoms with Crippen LogP contribution < -0.4 is 0 Å². The highest BCUT2D eigenvalue weighted by molar-refractivity contribution is 6.44. The Labute approximate surface area is 253 Å². The van der Waals surface area contributed by atoms with Crippen molar-refractivity contribution in [2.45, 2.75) is 27.7 Å². The molecule has 0 heterocycles. The molecule has 2 nitrogen and oxygen atoms in total. The minimum Gasteiger partial charge on any atom is -0.254 e. The second-order valence-electron chi connectivity index (χ2n) is 11.0. The van der Waals surface area contributed by atoms with Crippen molar-refractivity contribution in [2.75, 3.05) is 5.88 Å². The van der Waals surface area contributed by atoms with E-state index < -0.39 is 0 Å². The number of hydrogen-bond acceptors (Lipinski definition) is 2. The predicted molar refractivity (Wildman–Crippen MR) is 184 cm³/mol. The van der Waals surface area contributed by atoms with Crippen molar-refractivity contribution in [1.82, 2.24) is 0 Å². The number of benzene rings is 6. The number of hydrogen-bond donors (Lipinski definition) is 0. The Hall–Kier alpha value is -4.53. The molecule has 0 aromatic heterocycles. The van der Waals surface area contributed by atoms with Crippen LogP contribution in [0.3, 0.4) is 0 Å². The van der Waals surface area contributed by atoms with Gasteiger partial charge in [0, 0.05) is 11.1 Å². The van der Waals surface area contributed by atoms with Crippen molar-refractivity contribution >= 4 is 56.4 Å². The Balaban J connectivity index is 1.49. The van der Waals surface area contributed by atoms with Crippen LogP contribution in [0.2, 0.25) is 0 Å². The highest BCUT2D eigenvalue weighted by Crippen LogP contribution is 2.40. The number of halogens is 1. The number of aryl methyl sites for hydroxylation is 4. The molecule has 206 valence electrons. The van der Waals surface area contributed by atoms with E-state index in [4.69, 9.17) is 21.6 Å². The van der Waals surface area contributed by atoms with Gasteiger partial charge in [-0.15, -0.1) is 11.6 Å². The lowest BCUT2D eigenvalue weighted by Crippen LogP contribution is -2.02. The lowest BCUT2D eigenvalue weighted by molar-refractivity contribution is 1.34. The Bertz CT molecular complexity index is 2010. The monoisotopic (exact) mass is 564 g/mol. The van der Waals surface area contributed by atoms with E-state index in [-0.39, 0.29) is 5.88 Å². The highest BCUT2D eigenvalue weighted by atomic mass is 35.5. The molecule has 3 heteroatoms. The van der Waals surface area contributed by atoms with Gasteiger partial charge in [0.1, 0.15) is 0 Å². The molecule has 0 saturated heterocycles. The third-order valence-corrected chi connectivity index (χ3v) is 8.06. The van der Waals surface area contributed by atoms with Gasteiger partial charge < -0.3 is 0 Å². The summed E-state index contributed by atoms with van der Waals surface area (Å²) in [7, 11) is 0. The number of fused-ring (bicyclic) bond motifs is 2. The van der Waals surface area contributed by atoms with E-state index >= 15 is 0 Å². The van der Waals surface area contributed by atoms with Gasteiger partial charge in [0.05, 0.1) is 29.2 Å². The van der Waals surface area contributed by atoms with E-state index in [1.165, 1.54) is 38.2 Å². The summed E-state index contributed by atoms with van der Waals surface area (Å²) in [6.07, 6.45) is 1.84. The largest absolute Gasteiger partial charge is 0.254 e. The molecule has 0 fully saturated rings. The van der Waals surface area contributed by atoms with Gasteiger partial charge in [-0.05, 0) is 83.6 Å². The quantitative estimate of drug-likeness (QED) is 0.142. The van der Waals surface area contributed by atoms with Gasteiger partial charge >= 0.3 is 0 Å². The second-order valence-corrected chi connectivity index (χ2v) is 11.3. The molecule has 0 amide bonds. The summed E-state index contributed by atoms with van der Waals surface area (Å²) in [5.74, 6) is 0.250. The van der Waals surface area contributed by atoms with E-state index in [0.29, 0.717) is 5.71 Å². The molecule has 6 rings (SSSR count). The van der Waals surface area contributed by atoms with E-state index in [0.717, 1.165) is 39.2 Å². The van der Waals surface area contributed by atoms with Crippen LogP contribution >= 0.6 is 11.6 Å². The number of aliphatic imine (C=N–C) groups is 2. The summed E-state index contributed by atoms with van der Waals surface area (Å²) < 4.78 is 0. The molecule has 0 radical (unpaired) electrons. The third kappa shape index (κ3) is 5.38. The molecule has 0 N–H and O–H groups in total. The molecule has 6 aromatic rings. The molecule has 0 bridgehead atoms. The smallest absolute Gasteiger partial charge is 0.0742 e. The first-order chi connectivity index (χ1) is 20.4. The van der Waals surface area contributed by atoms with E-state index in [1.807, 2.05) is 6.21 Å². The summed E-state index contributed by atoms with van der Waals surface area (Å²) in [5.41, 5.74) is 11.7. The normalized spacial score (nSPS) is 12.1. The van der Waals surface area contributed by atoms with Crippen molar-refractivity contribution in [3.8, 4) is 22.3 Å². The van der Waals surface area contributed by atoms with Gasteiger partial charge in [-0.3, -0.25) is 4.99 Å². The Morgan fingerprint density at radius 2 is 1.05 bits per heavy atom. The second kappa shape index (κ2) is 11.8. The first kappa shape index (κ1) is 27.6. The lowest BCUT2D eigenvalue weighted by Gasteiger charge is -2.15. The van der Waals surface area contributed by atoms with Crippen LogP contribution in [0.4, 0.5) is 11.4 Å². The van der Waals surface area contributed by atoms with Crippen molar-refractivity contribution in [3.63, 3.8) is 0 Å². The van der Waals surface area contributed by atoms with Crippen molar-refractivity contribution in [2.24, 2.45) is 9.98 Å². The topological polar surface area (TPSA) is 24.7 Å². The third-order valence-electron chi connectivity index (χ3n) is 7.78. The maximum atomic E-state index is 6.54. The summed E-state index contributed by atoms with van der Waals surface area (Å²) in [4.78, 5) is 10.2. The Morgan fingerprint density at radius 3 is 1.60 bits per heavy atom. The molecule has 0 spiro atoms. The molecule has 0 aliphatic carbocycles. The van der Waals surface area contributed by atoms with Gasteiger partial charge in [0.25, 0.3) is 0 Å². The molecule has 0 unspecified atom stereocenters. The molecule has 6 aromatic carbocycles. The molecule has 0 aliphatic rings. The fraction of sp³-hybridized carbons (Fsp3) is 0.128. The van der Waals surface area contributed by atoms with Crippen molar-refractivity contribution in [1.29, 1.82) is 0 Å². The highest BCUT2D eigenvalue weighted by Gasteiger charge is 2.14. The first-order valence-electron chi connectivity index (χ1n) is 14.3. The van der Waals surface area contributed by atoms with Crippen molar-refractivity contribution in [3.05, 3.63) is 131 Å². The zero-order valence-corrected chi connectivity index (χ0v) is 25.2. The first-order valence-corrected chi connectivity index (χ1v) is 14.8. The van der Waals surface area contributed by atoms with Crippen LogP contribution in [0.15, 0.2) is 119 Å². The van der Waals surface area contributed by atoms with Crippen LogP contribution in [0.5, 0.6) is 0 Å². The van der Waals surface area contributed by atoms with Gasteiger partial charge in [-0.25, -0.2) is 4.99 Å². The van der Waals surface area contributed by atoms with E-state index in [1.54, 1.807) is 0 Å². The average molecular weight is 565 g/mol. The van der Waals surface area contributed by atoms with Crippen molar-refractivity contribution < 1.29 is 0 Å². The molecule has 0 aliphatic heterocycles. The summed E-state index contributed by atoms with van der Waals surface area (Å²) >= 11 is 6.54. The minimum absolute atomic E-state index is 0.250. The minimum atomic E-state index is 0.250. The molecule has 0 saturated carbocycles. The zero-order valence-electron chi connectivity index (χ0n) is 24.4. The lowest BCUT2D eigenvalue weighted by atomic mass is 9.93. The summed E-state index contributed by atoms with van der Waals surface area (Å²) in [5, 5.41) is 4.84. The Morgan fingerprint density at radius 1 is 0.571 bits per heavy atom.